The van der Waals surface area contributed by atoms with Gasteiger partial charge in [-0.3, -0.25) is 13.9 Å². The lowest BCUT2D eigenvalue weighted by Gasteiger charge is -2.33. The van der Waals surface area contributed by atoms with Crippen LogP contribution in [0, 0.1) is 5.82 Å². The molecule has 8 nitrogen and oxygen atoms in total. The molecule has 39 heavy (non-hydrogen) atoms. The summed E-state index contributed by atoms with van der Waals surface area (Å²) in [5, 5.41) is 2.83. The number of nitrogens with one attached hydrogen (secondary N) is 1. The zero-order valence-electron chi connectivity index (χ0n) is 22.3. The second kappa shape index (κ2) is 13.7. The van der Waals surface area contributed by atoms with Gasteiger partial charge in [0, 0.05) is 13.1 Å². The van der Waals surface area contributed by atoms with Gasteiger partial charge in [0.1, 0.15) is 24.2 Å². The van der Waals surface area contributed by atoms with Crippen LogP contribution in [-0.4, -0.2) is 51.4 Å². The van der Waals surface area contributed by atoms with E-state index in [1.165, 1.54) is 42.3 Å². The summed E-state index contributed by atoms with van der Waals surface area (Å²) < 4.78 is 48.4. The average Bonchev–Trinajstić information content (AvgIpc) is 2.95. The van der Waals surface area contributed by atoms with Gasteiger partial charge in [-0.1, -0.05) is 56.3 Å². The molecule has 0 heterocycles. The van der Waals surface area contributed by atoms with Crippen molar-refractivity contribution in [3.05, 3.63) is 90.2 Å². The molecule has 0 saturated heterocycles. The van der Waals surface area contributed by atoms with E-state index < -0.39 is 34.3 Å². The number of benzene rings is 3. The van der Waals surface area contributed by atoms with Crippen molar-refractivity contribution in [2.45, 2.75) is 44.2 Å². The van der Waals surface area contributed by atoms with E-state index in [0.29, 0.717) is 24.3 Å². The second-order valence-corrected chi connectivity index (χ2v) is 10.7. The molecule has 0 radical (unpaired) electrons. The first-order valence-corrected chi connectivity index (χ1v) is 14.2. The van der Waals surface area contributed by atoms with E-state index in [0.717, 1.165) is 10.4 Å². The number of sulfonamides is 1. The highest BCUT2D eigenvalue weighted by Gasteiger charge is 2.34. The zero-order valence-corrected chi connectivity index (χ0v) is 23.2. The molecule has 2 amide bonds. The molecule has 0 aliphatic carbocycles. The number of rotatable bonds is 13. The van der Waals surface area contributed by atoms with Gasteiger partial charge in [-0.2, -0.15) is 0 Å². The molecule has 1 N–H and O–H groups in total. The monoisotopic (exact) mass is 555 g/mol. The van der Waals surface area contributed by atoms with Crippen LogP contribution < -0.4 is 14.4 Å². The Hall–Kier alpha value is -3.92. The number of carbonyl (C=O) groups excluding carboxylic acids is 2. The van der Waals surface area contributed by atoms with Crippen LogP contribution in [-0.2, 0) is 26.2 Å². The van der Waals surface area contributed by atoms with Crippen LogP contribution in [0.5, 0.6) is 5.75 Å². The molecule has 10 heteroatoms. The third-order valence-electron chi connectivity index (χ3n) is 6.15. The fourth-order valence-corrected chi connectivity index (χ4v) is 5.58. The minimum atomic E-state index is -4.33. The number of ether oxygens (including phenoxy) is 1. The highest BCUT2D eigenvalue weighted by atomic mass is 32.2. The average molecular weight is 556 g/mol. The number of halogens is 1. The number of methoxy groups -OCH3 is 1. The van der Waals surface area contributed by atoms with E-state index in [1.54, 1.807) is 49.4 Å². The summed E-state index contributed by atoms with van der Waals surface area (Å²) in [6.45, 7) is 3.43. The minimum Gasteiger partial charge on any atom is -0.497 e. The number of para-hydroxylation sites is 1. The Labute approximate surface area is 229 Å². The highest BCUT2D eigenvalue weighted by molar-refractivity contribution is 7.92. The standard InChI is InChI=1S/C29H34FN3O5S/c1-4-18-31-29(35)26(5-2)32(20-22-12-11-13-23(19-22)38-3)28(34)21-33(27-17-10-9-16-25(27)30)39(36,37)24-14-7-6-8-15-24/h6-17,19,26H,4-5,18,20-21H2,1-3H3,(H,31,35). The van der Waals surface area contributed by atoms with Crippen molar-refractivity contribution in [1.29, 1.82) is 0 Å². The molecule has 3 rings (SSSR count). The number of nitrogens with zero attached hydrogens (tertiary/aromatic N) is 2. The molecule has 0 aliphatic heterocycles. The largest absolute Gasteiger partial charge is 0.497 e. The first-order chi connectivity index (χ1) is 18.7. The maximum atomic E-state index is 15.0. The Morgan fingerprint density at radius 3 is 2.31 bits per heavy atom. The van der Waals surface area contributed by atoms with Crippen LogP contribution in [0.15, 0.2) is 83.8 Å². The molecule has 0 aliphatic rings. The molecule has 0 aromatic heterocycles. The van der Waals surface area contributed by atoms with E-state index in [2.05, 4.69) is 5.32 Å². The molecular formula is C29H34FN3O5S. The lowest BCUT2D eigenvalue weighted by molar-refractivity contribution is -0.140. The molecule has 0 saturated carbocycles. The fourth-order valence-electron chi connectivity index (χ4n) is 4.14. The first-order valence-electron chi connectivity index (χ1n) is 12.7. The van der Waals surface area contributed by atoms with Crippen molar-refractivity contribution in [3.8, 4) is 5.75 Å². The number of amides is 2. The van der Waals surface area contributed by atoms with E-state index in [4.69, 9.17) is 4.74 Å². The summed E-state index contributed by atoms with van der Waals surface area (Å²) in [6, 6.07) is 19.1. The van der Waals surface area contributed by atoms with Crippen LogP contribution in [0.4, 0.5) is 10.1 Å². The van der Waals surface area contributed by atoms with Gasteiger partial charge in [0.15, 0.2) is 0 Å². The van der Waals surface area contributed by atoms with Gasteiger partial charge in [-0.05, 0) is 54.8 Å². The zero-order chi connectivity index (χ0) is 28.4. The fraction of sp³-hybridized carbons (Fsp3) is 0.310. The van der Waals surface area contributed by atoms with Crippen molar-refractivity contribution in [2.75, 3.05) is 24.5 Å². The predicted octanol–water partition coefficient (Wildman–Crippen LogP) is 4.36. The van der Waals surface area contributed by atoms with Crippen molar-refractivity contribution < 1.29 is 27.1 Å². The van der Waals surface area contributed by atoms with E-state index in [1.807, 2.05) is 6.92 Å². The van der Waals surface area contributed by atoms with Crippen molar-refractivity contribution >= 4 is 27.5 Å². The Morgan fingerprint density at radius 1 is 0.974 bits per heavy atom. The molecule has 208 valence electrons. The van der Waals surface area contributed by atoms with E-state index in [-0.39, 0.29) is 29.5 Å². The van der Waals surface area contributed by atoms with Crippen LogP contribution in [0.1, 0.15) is 32.3 Å². The number of anilines is 1. The number of carbonyl (C=O) groups is 2. The van der Waals surface area contributed by atoms with Gasteiger partial charge in [-0.15, -0.1) is 0 Å². The van der Waals surface area contributed by atoms with Crippen molar-refractivity contribution in [3.63, 3.8) is 0 Å². The summed E-state index contributed by atoms with van der Waals surface area (Å²) in [6.07, 6.45) is 0.999. The topological polar surface area (TPSA) is 96.0 Å². The molecule has 0 fully saturated rings. The normalized spacial score (nSPS) is 11.9. The maximum Gasteiger partial charge on any atom is 0.264 e. The van der Waals surface area contributed by atoms with Gasteiger partial charge in [-0.25, -0.2) is 12.8 Å². The van der Waals surface area contributed by atoms with E-state index >= 15 is 0 Å². The quantitative estimate of drug-likeness (QED) is 0.338. The Balaban J connectivity index is 2.06. The summed E-state index contributed by atoms with van der Waals surface area (Å²) in [4.78, 5) is 28.3. The molecule has 3 aromatic carbocycles. The van der Waals surface area contributed by atoms with Crippen LogP contribution >= 0.6 is 0 Å². The SMILES string of the molecule is CCCNC(=O)C(CC)N(Cc1cccc(OC)c1)C(=O)CN(c1ccccc1F)S(=O)(=O)c1ccccc1. The Bertz CT molecular complexity index is 1370. The number of hydrogen-bond acceptors (Lipinski definition) is 5. The van der Waals surface area contributed by atoms with Crippen LogP contribution in [0.3, 0.4) is 0 Å². The molecule has 3 aromatic rings. The van der Waals surface area contributed by atoms with Gasteiger partial charge in [0.25, 0.3) is 10.0 Å². The molecule has 0 bridgehead atoms. The molecular weight excluding hydrogens is 521 g/mol. The van der Waals surface area contributed by atoms with Gasteiger partial charge < -0.3 is 15.0 Å². The highest BCUT2D eigenvalue weighted by Crippen LogP contribution is 2.27. The van der Waals surface area contributed by atoms with Crippen LogP contribution in [0.2, 0.25) is 0 Å². The Kier molecular flexibility index (Phi) is 10.4. The summed E-state index contributed by atoms with van der Waals surface area (Å²) in [5.41, 5.74) is 0.423. The maximum absolute atomic E-state index is 15.0. The van der Waals surface area contributed by atoms with Crippen molar-refractivity contribution in [2.24, 2.45) is 0 Å². The lowest BCUT2D eigenvalue weighted by Crippen LogP contribution is -2.52. The Morgan fingerprint density at radius 2 is 1.67 bits per heavy atom. The predicted molar refractivity (Wildman–Crippen MR) is 148 cm³/mol. The summed E-state index contributed by atoms with van der Waals surface area (Å²) >= 11 is 0. The minimum absolute atomic E-state index is 0.0184. The van der Waals surface area contributed by atoms with Crippen LogP contribution in [0.25, 0.3) is 0 Å². The third-order valence-corrected chi connectivity index (χ3v) is 7.93. The van der Waals surface area contributed by atoms with Gasteiger partial charge in [0.2, 0.25) is 11.8 Å². The molecule has 1 unspecified atom stereocenters. The van der Waals surface area contributed by atoms with Gasteiger partial charge in [0.05, 0.1) is 17.7 Å². The van der Waals surface area contributed by atoms with Crippen molar-refractivity contribution in [1.82, 2.24) is 10.2 Å². The molecule has 0 spiro atoms. The lowest BCUT2D eigenvalue weighted by atomic mass is 10.1. The smallest absolute Gasteiger partial charge is 0.264 e. The molecule has 1 atom stereocenters. The third kappa shape index (κ3) is 7.35. The first kappa shape index (κ1) is 29.6. The van der Waals surface area contributed by atoms with E-state index in [9.17, 15) is 22.4 Å². The van der Waals surface area contributed by atoms with Gasteiger partial charge >= 0.3 is 0 Å². The summed E-state index contributed by atoms with van der Waals surface area (Å²) in [7, 11) is -2.81. The number of hydrogen-bond donors (Lipinski definition) is 1. The summed E-state index contributed by atoms with van der Waals surface area (Å²) in [5.74, 6) is -1.22. The second-order valence-electron chi connectivity index (χ2n) is 8.86.